The number of hydrogen-bond donors (Lipinski definition) is 0. The molecule has 21 heteroatoms. The predicted octanol–water partition coefficient (Wildman–Crippen LogP) is 5.76. The molecule has 0 aliphatic carbocycles. The van der Waals surface area contributed by atoms with Gasteiger partial charge in [0.25, 0.3) is 22.7 Å². The Labute approximate surface area is 301 Å². The minimum absolute atomic E-state index is 0. The first-order valence-corrected chi connectivity index (χ1v) is 14.9. The van der Waals surface area contributed by atoms with Crippen LogP contribution in [-0.4, -0.2) is 49.6 Å². The summed E-state index contributed by atoms with van der Waals surface area (Å²) in [5.74, 6) is -0.739. The number of nitro groups is 4. The third-order valence-electron chi connectivity index (χ3n) is 8.51. The fourth-order valence-electron chi connectivity index (χ4n) is 6.39. The number of non-ortho nitro benzene ring substituents is 2. The quantitative estimate of drug-likeness (QED) is 0.117. The van der Waals surface area contributed by atoms with E-state index in [0.717, 1.165) is 0 Å². The molecule has 0 N–H and O–H groups in total. The summed E-state index contributed by atoms with van der Waals surface area (Å²) in [6.07, 6.45) is 0. The second kappa shape index (κ2) is 11.7. The van der Waals surface area contributed by atoms with Gasteiger partial charge >= 0.3 is 16.5 Å². The van der Waals surface area contributed by atoms with Crippen molar-refractivity contribution in [2.24, 2.45) is 0 Å². The summed E-state index contributed by atoms with van der Waals surface area (Å²) < 4.78 is 0. The summed E-state index contributed by atoms with van der Waals surface area (Å²) in [6.45, 7) is 0. The van der Waals surface area contributed by atoms with Crippen LogP contribution < -0.4 is 9.97 Å². The second-order valence-corrected chi connectivity index (χ2v) is 11.3. The van der Waals surface area contributed by atoms with Crippen LogP contribution in [0.25, 0.3) is 89.7 Å². The zero-order chi connectivity index (χ0) is 36.0. The number of nitro benzene ring substituents is 4. The minimum Gasteiger partial charge on any atom is -0.357 e. The Bertz CT molecular complexity index is 2820. The van der Waals surface area contributed by atoms with E-state index < -0.39 is 42.4 Å². The number of nitrogens with zero attached hydrogens (tertiary/aromatic N) is 12. The van der Waals surface area contributed by atoms with Crippen molar-refractivity contribution in [1.29, 1.82) is 0 Å². The Morgan fingerprint density at radius 2 is 0.755 bits per heavy atom. The number of fused-ring (bicyclic) bond motifs is 20. The van der Waals surface area contributed by atoms with E-state index in [2.05, 4.69) is 39.9 Å². The van der Waals surface area contributed by atoms with Gasteiger partial charge in [0.15, 0.2) is 0 Å². The van der Waals surface area contributed by atoms with Crippen LogP contribution in [-0.2, 0) is 16.5 Å². The Hall–Kier alpha value is -7.67. The summed E-state index contributed by atoms with van der Waals surface area (Å²) in [5.41, 5.74) is -2.12. The average molecular weight is 751 g/mol. The standard InChI is InChI=1S/C32H12N12O8.Ni/c45-41(46)17-9-1-5-13-21(17)29-33-25(13)37-30-22-14(6-2-10-18(22)42(47)48)27(34-30)39-32-24-16(8-4-12-20(24)44(51)52)28(36-32)40-31-23-15(26(35-31)38-29)7-3-11-19(23)43(49)50;/h1-12H;/q-2;+2. The van der Waals surface area contributed by atoms with Crippen LogP contribution in [0.2, 0.25) is 0 Å². The SMILES string of the molecule is O=[N+]([O-])c1cccc2c1-c1nc-2nc2[n-]c(nc3nc(nc4[n-]c(n1)c1cccc([N+](=O)[O-])c41)-c1cccc([N+](=O)[O-])c1-3)c1cccc([N+](=O)[O-])c21.[Ni+2]. The van der Waals surface area contributed by atoms with Crippen LogP contribution in [0, 0.1) is 40.5 Å². The van der Waals surface area contributed by atoms with Crippen molar-refractivity contribution in [1.82, 2.24) is 39.9 Å². The molecule has 7 aromatic rings. The van der Waals surface area contributed by atoms with Gasteiger partial charge < -0.3 is 29.9 Å². The first kappa shape index (κ1) is 32.5. The largest absolute Gasteiger partial charge is 2.00 e. The molecule has 53 heavy (non-hydrogen) atoms. The molecule has 0 spiro atoms. The molecule has 0 radical (unpaired) electrons. The van der Waals surface area contributed by atoms with Crippen molar-refractivity contribution in [3.63, 3.8) is 0 Å². The summed E-state index contributed by atoms with van der Waals surface area (Å²) in [5, 5.41) is 49.1. The van der Waals surface area contributed by atoms with Crippen molar-refractivity contribution in [3.05, 3.63) is 113 Å². The van der Waals surface area contributed by atoms with E-state index >= 15 is 0 Å². The molecule has 9 rings (SSSR count). The zero-order valence-electron chi connectivity index (χ0n) is 25.9. The van der Waals surface area contributed by atoms with Crippen molar-refractivity contribution < 1.29 is 36.2 Å². The average Bonchev–Trinajstić information content (AvgIpc) is 3.86. The van der Waals surface area contributed by atoms with Gasteiger partial charge in [-0.3, -0.25) is 40.5 Å². The molecule has 5 heterocycles. The van der Waals surface area contributed by atoms with Gasteiger partial charge in [-0.25, -0.2) is 9.97 Å². The van der Waals surface area contributed by atoms with Crippen LogP contribution in [0.4, 0.5) is 22.7 Å². The first-order valence-electron chi connectivity index (χ1n) is 14.9. The van der Waals surface area contributed by atoms with E-state index in [-0.39, 0.29) is 106 Å². The van der Waals surface area contributed by atoms with Crippen molar-refractivity contribution in [2.45, 2.75) is 0 Å². The Morgan fingerprint density at radius 3 is 1.13 bits per heavy atom. The van der Waals surface area contributed by atoms with Crippen molar-refractivity contribution in [2.75, 3.05) is 0 Å². The maximum absolute atomic E-state index is 12.2. The summed E-state index contributed by atoms with van der Waals surface area (Å²) in [6, 6.07) is 16.5. The minimum atomic E-state index is -0.641. The molecule has 2 aliphatic rings. The fraction of sp³-hybridized carbons (Fsp3) is 0. The monoisotopic (exact) mass is 750 g/mol. The molecule has 2 aliphatic heterocycles. The maximum Gasteiger partial charge on any atom is 2.00 e. The number of benzene rings is 4. The van der Waals surface area contributed by atoms with Gasteiger partial charge in [0, 0.05) is 68.8 Å². The first-order chi connectivity index (χ1) is 25.1. The van der Waals surface area contributed by atoms with Gasteiger partial charge in [0.1, 0.15) is 0 Å². The van der Waals surface area contributed by atoms with Crippen LogP contribution in [0.1, 0.15) is 0 Å². The van der Waals surface area contributed by atoms with Gasteiger partial charge in [0.05, 0.1) is 64.9 Å². The van der Waals surface area contributed by atoms with E-state index in [4.69, 9.17) is 0 Å². The molecule has 0 fully saturated rings. The molecule has 0 amide bonds. The molecule has 0 atom stereocenters. The molecule has 0 unspecified atom stereocenters. The van der Waals surface area contributed by atoms with Crippen molar-refractivity contribution in [3.8, 4) is 45.6 Å². The molecule has 4 aromatic carbocycles. The summed E-state index contributed by atoms with van der Waals surface area (Å²) in [7, 11) is 0. The fourth-order valence-corrected chi connectivity index (χ4v) is 6.39. The third kappa shape index (κ3) is 4.82. The maximum atomic E-state index is 12.2. The third-order valence-corrected chi connectivity index (χ3v) is 8.51. The Kier molecular flexibility index (Phi) is 7.19. The topological polar surface area (TPSA) is 278 Å². The van der Waals surface area contributed by atoms with Gasteiger partial charge in [-0.1, -0.05) is 48.5 Å². The van der Waals surface area contributed by atoms with E-state index in [1.165, 1.54) is 72.8 Å². The van der Waals surface area contributed by atoms with Crippen molar-refractivity contribution >= 4 is 66.9 Å². The normalized spacial score (nSPS) is 11.5. The van der Waals surface area contributed by atoms with Crippen LogP contribution in [0.15, 0.2) is 72.8 Å². The smallest absolute Gasteiger partial charge is 0.357 e. The summed E-state index contributed by atoms with van der Waals surface area (Å²) in [4.78, 5) is 82.5. The van der Waals surface area contributed by atoms with Gasteiger partial charge in [-0.05, 0) is 0 Å². The molecule has 20 nitrogen and oxygen atoms in total. The Morgan fingerprint density at radius 1 is 0.415 bits per heavy atom. The van der Waals surface area contributed by atoms with Crippen LogP contribution >= 0.6 is 0 Å². The van der Waals surface area contributed by atoms with E-state index in [1.807, 2.05) is 0 Å². The van der Waals surface area contributed by atoms with E-state index in [9.17, 15) is 40.5 Å². The molecule has 3 aromatic heterocycles. The van der Waals surface area contributed by atoms with Crippen LogP contribution in [0.3, 0.4) is 0 Å². The number of rotatable bonds is 4. The molecule has 258 valence electrons. The zero-order valence-corrected chi connectivity index (χ0v) is 26.9. The molecule has 0 saturated carbocycles. The predicted molar refractivity (Wildman–Crippen MR) is 181 cm³/mol. The number of hydrogen-bond acceptors (Lipinski definition) is 14. The molecule has 0 saturated heterocycles. The summed E-state index contributed by atoms with van der Waals surface area (Å²) >= 11 is 0. The molecule has 8 bridgehead atoms. The van der Waals surface area contributed by atoms with Gasteiger partial charge in [-0.15, -0.1) is 0 Å². The van der Waals surface area contributed by atoms with E-state index in [1.54, 1.807) is 0 Å². The molecular weight excluding hydrogens is 739 g/mol. The van der Waals surface area contributed by atoms with Crippen LogP contribution in [0.5, 0.6) is 0 Å². The van der Waals surface area contributed by atoms with Gasteiger partial charge in [-0.2, -0.15) is 0 Å². The number of aromatic nitrogens is 8. The second-order valence-electron chi connectivity index (χ2n) is 11.3. The van der Waals surface area contributed by atoms with Gasteiger partial charge in [0.2, 0.25) is 0 Å². The molecular formula is C32H12N12NiO8. The Balaban J connectivity index is 0.00000400. The van der Waals surface area contributed by atoms with E-state index in [0.29, 0.717) is 0 Å².